The number of aryl methyl sites for hydroxylation is 1. The summed E-state index contributed by atoms with van der Waals surface area (Å²) in [5.74, 6) is 0.117. The number of unbranched alkanes of at least 4 members (excludes halogenated alkanes) is 1. The molecular weight excluding hydrogens is 264 g/mol. The number of hydrogen-bond acceptors (Lipinski definition) is 3. The van der Waals surface area contributed by atoms with E-state index in [1.54, 1.807) is 18.2 Å². The van der Waals surface area contributed by atoms with Crippen molar-refractivity contribution in [1.29, 1.82) is 0 Å². The normalized spacial score (nSPS) is 10.9. The molecule has 0 unspecified atom stereocenters. The Morgan fingerprint density at radius 2 is 1.71 bits per heavy atom. The van der Waals surface area contributed by atoms with Crippen molar-refractivity contribution in [3.05, 3.63) is 59.2 Å². The Morgan fingerprint density at radius 3 is 2.43 bits per heavy atom. The zero-order chi connectivity index (χ0) is 15.1. The van der Waals surface area contributed by atoms with Crippen LogP contribution < -0.4 is 0 Å². The molecule has 0 bridgehead atoms. The molecule has 2 aromatic carbocycles. The molecule has 0 radical (unpaired) electrons. The molecule has 0 saturated heterocycles. The first-order valence-corrected chi connectivity index (χ1v) is 6.93. The highest BCUT2D eigenvalue weighted by atomic mass is 16.3. The van der Waals surface area contributed by atoms with Crippen LogP contribution in [0, 0.1) is 0 Å². The van der Waals surface area contributed by atoms with E-state index in [0.29, 0.717) is 24.8 Å². The van der Waals surface area contributed by atoms with E-state index < -0.39 is 0 Å². The summed E-state index contributed by atoms with van der Waals surface area (Å²) in [4.78, 5) is 10.3. The van der Waals surface area contributed by atoms with Gasteiger partial charge in [0.25, 0.3) is 0 Å². The third-order valence-electron chi connectivity index (χ3n) is 3.29. The highest BCUT2D eigenvalue weighted by Crippen LogP contribution is 2.33. The Bertz CT molecular complexity index is 630. The van der Waals surface area contributed by atoms with Gasteiger partial charge in [0.2, 0.25) is 0 Å². The topological polar surface area (TPSA) is 57.5 Å². The number of phenols is 2. The van der Waals surface area contributed by atoms with Crippen LogP contribution in [0.4, 0.5) is 0 Å². The molecule has 0 spiro atoms. The second-order valence-electron chi connectivity index (χ2n) is 4.81. The number of rotatable bonds is 6. The predicted octanol–water partition coefficient (Wildman–Crippen LogP) is 3.79. The fourth-order valence-electron chi connectivity index (χ4n) is 2.13. The molecule has 2 rings (SSSR count). The number of aldehydes is 1. The Kier molecular flexibility index (Phi) is 5.16. The maximum atomic E-state index is 10.3. The lowest BCUT2D eigenvalue weighted by Gasteiger charge is -2.08. The summed E-state index contributed by atoms with van der Waals surface area (Å²) < 4.78 is 0. The standard InChI is InChI=1S/C18H18O3/c19-13-5-4-8-15-10-12-17(20)16(18(15)21)11-9-14-6-2-1-3-7-14/h1-3,6-7,9-13,20-21H,4-5,8H2. The summed E-state index contributed by atoms with van der Waals surface area (Å²) in [5, 5.41) is 20.1. The van der Waals surface area contributed by atoms with Crippen molar-refractivity contribution in [1.82, 2.24) is 0 Å². The van der Waals surface area contributed by atoms with Crippen molar-refractivity contribution in [2.45, 2.75) is 19.3 Å². The first kappa shape index (κ1) is 14.9. The molecule has 0 aliphatic heterocycles. The minimum Gasteiger partial charge on any atom is -0.507 e. The average molecular weight is 282 g/mol. The van der Waals surface area contributed by atoms with Crippen LogP contribution in [-0.4, -0.2) is 16.5 Å². The van der Waals surface area contributed by atoms with E-state index in [-0.39, 0.29) is 11.5 Å². The monoisotopic (exact) mass is 282 g/mol. The molecule has 0 atom stereocenters. The van der Waals surface area contributed by atoms with Crippen LogP contribution in [0.2, 0.25) is 0 Å². The Labute approximate surface area is 124 Å². The molecule has 0 aliphatic carbocycles. The molecule has 0 fully saturated rings. The smallest absolute Gasteiger partial charge is 0.129 e. The minimum absolute atomic E-state index is 0.0406. The quantitative estimate of drug-likeness (QED) is 0.481. The molecule has 3 nitrogen and oxygen atoms in total. The summed E-state index contributed by atoms with van der Waals surface area (Å²) >= 11 is 0. The lowest BCUT2D eigenvalue weighted by molar-refractivity contribution is -0.107. The Hall–Kier alpha value is -2.55. The number of carbonyl (C=O) groups excluding carboxylic acids is 1. The summed E-state index contributed by atoms with van der Waals surface area (Å²) in [6.45, 7) is 0. The Morgan fingerprint density at radius 1 is 0.952 bits per heavy atom. The van der Waals surface area contributed by atoms with Gasteiger partial charge in [-0.3, -0.25) is 0 Å². The van der Waals surface area contributed by atoms with Crippen LogP contribution in [0.3, 0.4) is 0 Å². The van der Waals surface area contributed by atoms with Gasteiger partial charge in [-0.05, 0) is 36.1 Å². The zero-order valence-electron chi connectivity index (χ0n) is 11.7. The zero-order valence-corrected chi connectivity index (χ0v) is 11.7. The highest BCUT2D eigenvalue weighted by molar-refractivity contribution is 5.76. The molecule has 108 valence electrons. The van der Waals surface area contributed by atoms with Crippen molar-refractivity contribution in [3.63, 3.8) is 0 Å². The lowest BCUT2D eigenvalue weighted by atomic mass is 10.0. The van der Waals surface area contributed by atoms with E-state index in [2.05, 4.69) is 0 Å². The van der Waals surface area contributed by atoms with Crippen LogP contribution in [0.5, 0.6) is 11.5 Å². The van der Waals surface area contributed by atoms with Gasteiger partial charge in [-0.25, -0.2) is 0 Å². The van der Waals surface area contributed by atoms with Crippen molar-refractivity contribution in [2.24, 2.45) is 0 Å². The van der Waals surface area contributed by atoms with Crippen molar-refractivity contribution in [2.75, 3.05) is 0 Å². The molecule has 0 saturated carbocycles. The second kappa shape index (κ2) is 7.29. The van der Waals surface area contributed by atoms with Crippen LogP contribution in [0.25, 0.3) is 12.2 Å². The molecule has 0 aliphatic rings. The largest absolute Gasteiger partial charge is 0.507 e. The maximum absolute atomic E-state index is 10.3. The molecule has 2 aromatic rings. The van der Waals surface area contributed by atoms with Gasteiger partial charge in [-0.2, -0.15) is 0 Å². The predicted molar refractivity (Wildman–Crippen MR) is 84.1 cm³/mol. The van der Waals surface area contributed by atoms with Gasteiger partial charge >= 0.3 is 0 Å². The van der Waals surface area contributed by atoms with Gasteiger partial charge in [0.15, 0.2) is 0 Å². The summed E-state index contributed by atoms with van der Waals surface area (Å²) in [7, 11) is 0. The van der Waals surface area contributed by atoms with Gasteiger partial charge in [0.1, 0.15) is 17.8 Å². The van der Waals surface area contributed by atoms with E-state index in [0.717, 1.165) is 17.4 Å². The van der Waals surface area contributed by atoms with E-state index >= 15 is 0 Å². The number of benzene rings is 2. The lowest BCUT2D eigenvalue weighted by Crippen LogP contribution is -1.90. The molecular formula is C18H18O3. The van der Waals surface area contributed by atoms with E-state index in [4.69, 9.17) is 0 Å². The van der Waals surface area contributed by atoms with Gasteiger partial charge in [-0.1, -0.05) is 42.5 Å². The van der Waals surface area contributed by atoms with Crippen molar-refractivity contribution >= 4 is 18.4 Å². The highest BCUT2D eigenvalue weighted by Gasteiger charge is 2.09. The third-order valence-corrected chi connectivity index (χ3v) is 3.29. The molecule has 0 heterocycles. The van der Waals surface area contributed by atoms with Crippen LogP contribution in [0.1, 0.15) is 29.5 Å². The van der Waals surface area contributed by atoms with E-state index in [1.807, 2.05) is 36.4 Å². The second-order valence-corrected chi connectivity index (χ2v) is 4.81. The van der Waals surface area contributed by atoms with Crippen LogP contribution >= 0.6 is 0 Å². The summed E-state index contributed by atoms with van der Waals surface area (Å²) in [5.41, 5.74) is 2.13. The van der Waals surface area contributed by atoms with Gasteiger partial charge < -0.3 is 15.0 Å². The van der Waals surface area contributed by atoms with Gasteiger partial charge in [-0.15, -0.1) is 0 Å². The van der Waals surface area contributed by atoms with Crippen LogP contribution in [0.15, 0.2) is 42.5 Å². The molecule has 3 heteroatoms. The fourth-order valence-corrected chi connectivity index (χ4v) is 2.13. The number of hydrogen-bond donors (Lipinski definition) is 2. The van der Waals surface area contributed by atoms with Gasteiger partial charge in [0, 0.05) is 6.42 Å². The summed E-state index contributed by atoms with van der Waals surface area (Å²) in [6, 6.07) is 12.9. The number of carbonyl (C=O) groups is 1. The molecule has 0 amide bonds. The first-order chi connectivity index (χ1) is 10.2. The van der Waals surface area contributed by atoms with Crippen molar-refractivity contribution in [3.8, 4) is 11.5 Å². The third kappa shape index (κ3) is 3.96. The van der Waals surface area contributed by atoms with Crippen LogP contribution in [-0.2, 0) is 11.2 Å². The van der Waals surface area contributed by atoms with Gasteiger partial charge in [0.05, 0.1) is 5.56 Å². The minimum atomic E-state index is 0.0406. The fraction of sp³-hybridized carbons (Fsp3) is 0.167. The summed E-state index contributed by atoms with van der Waals surface area (Å²) in [6.07, 6.45) is 6.16. The number of aromatic hydroxyl groups is 2. The van der Waals surface area contributed by atoms with E-state index in [9.17, 15) is 15.0 Å². The molecule has 2 N–H and O–H groups in total. The van der Waals surface area contributed by atoms with Crippen molar-refractivity contribution < 1.29 is 15.0 Å². The molecule has 21 heavy (non-hydrogen) atoms. The SMILES string of the molecule is O=CCCCc1ccc(O)c(C=Cc2ccccc2)c1O. The number of phenolic OH excluding ortho intramolecular Hbond substituents is 2. The van der Waals surface area contributed by atoms with E-state index in [1.165, 1.54) is 0 Å². The average Bonchev–Trinajstić information content (AvgIpc) is 2.50. The maximum Gasteiger partial charge on any atom is 0.129 e. The molecule has 0 aromatic heterocycles. The first-order valence-electron chi connectivity index (χ1n) is 6.93. The Balaban J connectivity index is 2.24.